The Bertz CT molecular complexity index is 597. The second-order valence-corrected chi connectivity index (χ2v) is 3.65. The molecule has 100 valence electrons. The molecule has 0 fully saturated rings. The van der Waals surface area contributed by atoms with Gasteiger partial charge in [0.15, 0.2) is 5.82 Å². The highest BCUT2D eigenvalue weighted by atomic mass is 19.4. The third-order valence-electron chi connectivity index (χ3n) is 2.21. The molecule has 1 heterocycles. The first kappa shape index (κ1) is 13.1. The van der Waals surface area contributed by atoms with E-state index in [-0.39, 0.29) is 17.3 Å². The molecule has 0 unspecified atom stereocenters. The van der Waals surface area contributed by atoms with Gasteiger partial charge in [0.05, 0.1) is 23.6 Å². The average molecular weight is 272 g/mol. The third-order valence-corrected chi connectivity index (χ3v) is 2.21. The molecule has 2 rings (SSSR count). The Kier molecular flexibility index (Phi) is 3.24. The van der Waals surface area contributed by atoms with Gasteiger partial charge in [-0.1, -0.05) is 0 Å². The SMILES string of the molecule is Nc1cncc(Nc2cc(C(F)(F)F)ccc2F)n1. The molecular formula is C11H8F4N4. The standard InChI is InChI=1S/C11H8F4N4/c12-7-2-1-6(11(13,14)15)3-8(7)18-10-5-17-4-9(16)19-10/h1-5H,(H3,16,18,19). The van der Waals surface area contributed by atoms with Crippen LogP contribution in [-0.2, 0) is 6.18 Å². The van der Waals surface area contributed by atoms with E-state index < -0.39 is 17.6 Å². The fourth-order valence-electron chi connectivity index (χ4n) is 1.38. The number of nitrogens with zero attached hydrogens (tertiary/aromatic N) is 2. The van der Waals surface area contributed by atoms with Crippen LogP contribution in [0.3, 0.4) is 0 Å². The second-order valence-electron chi connectivity index (χ2n) is 3.65. The van der Waals surface area contributed by atoms with Crippen LogP contribution in [0.25, 0.3) is 0 Å². The summed E-state index contributed by atoms with van der Waals surface area (Å²) in [6, 6.07) is 2.04. The van der Waals surface area contributed by atoms with Crippen molar-refractivity contribution in [2.75, 3.05) is 11.1 Å². The van der Waals surface area contributed by atoms with Gasteiger partial charge in [0.1, 0.15) is 11.6 Å². The van der Waals surface area contributed by atoms with Gasteiger partial charge in [-0.15, -0.1) is 0 Å². The summed E-state index contributed by atoms with van der Waals surface area (Å²) in [5, 5.41) is 2.40. The van der Waals surface area contributed by atoms with E-state index in [9.17, 15) is 17.6 Å². The molecule has 0 atom stereocenters. The maximum atomic E-state index is 13.4. The van der Waals surface area contributed by atoms with Crippen LogP contribution in [0.5, 0.6) is 0 Å². The van der Waals surface area contributed by atoms with Crippen molar-refractivity contribution in [3.05, 3.63) is 42.0 Å². The molecule has 2 aromatic rings. The molecule has 0 spiro atoms. The number of nitrogens with one attached hydrogen (secondary N) is 1. The molecule has 0 aliphatic heterocycles. The van der Waals surface area contributed by atoms with E-state index in [1.54, 1.807) is 0 Å². The molecule has 3 N–H and O–H groups in total. The molecule has 8 heteroatoms. The lowest BCUT2D eigenvalue weighted by molar-refractivity contribution is -0.137. The lowest BCUT2D eigenvalue weighted by atomic mass is 10.2. The number of hydrogen-bond acceptors (Lipinski definition) is 4. The summed E-state index contributed by atoms with van der Waals surface area (Å²) in [5.74, 6) is -0.715. The minimum absolute atomic E-state index is 0.0539. The predicted molar refractivity (Wildman–Crippen MR) is 61.1 cm³/mol. The molecule has 0 bridgehead atoms. The number of alkyl halides is 3. The van der Waals surface area contributed by atoms with Gasteiger partial charge in [0.25, 0.3) is 0 Å². The van der Waals surface area contributed by atoms with E-state index in [1.165, 1.54) is 12.4 Å². The maximum Gasteiger partial charge on any atom is 0.416 e. The van der Waals surface area contributed by atoms with Crippen molar-refractivity contribution in [1.82, 2.24) is 9.97 Å². The predicted octanol–water partition coefficient (Wildman–Crippen LogP) is 2.96. The summed E-state index contributed by atoms with van der Waals surface area (Å²) in [7, 11) is 0. The van der Waals surface area contributed by atoms with Gasteiger partial charge in [-0.05, 0) is 18.2 Å². The van der Waals surface area contributed by atoms with E-state index in [0.717, 1.165) is 6.07 Å². The summed E-state index contributed by atoms with van der Waals surface area (Å²) in [5.41, 5.74) is 4.05. The molecule has 0 aliphatic carbocycles. The van der Waals surface area contributed by atoms with Crippen molar-refractivity contribution >= 4 is 17.3 Å². The van der Waals surface area contributed by atoms with Crippen molar-refractivity contribution in [2.24, 2.45) is 0 Å². The highest BCUT2D eigenvalue weighted by Gasteiger charge is 2.31. The van der Waals surface area contributed by atoms with Crippen molar-refractivity contribution in [2.45, 2.75) is 6.18 Å². The van der Waals surface area contributed by atoms with E-state index in [1.807, 2.05) is 0 Å². The van der Waals surface area contributed by atoms with Gasteiger partial charge in [0.2, 0.25) is 0 Å². The zero-order valence-corrected chi connectivity index (χ0v) is 9.37. The molecule has 0 aliphatic rings. The molecule has 19 heavy (non-hydrogen) atoms. The average Bonchev–Trinajstić information content (AvgIpc) is 2.30. The Hall–Kier alpha value is -2.38. The molecule has 1 aromatic carbocycles. The lowest BCUT2D eigenvalue weighted by Gasteiger charge is -2.11. The van der Waals surface area contributed by atoms with E-state index in [2.05, 4.69) is 15.3 Å². The highest BCUT2D eigenvalue weighted by molar-refractivity contribution is 5.58. The van der Waals surface area contributed by atoms with Crippen LogP contribution in [0.1, 0.15) is 5.56 Å². The van der Waals surface area contributed by atoms with Gasteiger partial charge in [-0.3, -0.25) is 4.98 Å². The largest absolute Gasteiger partial charge is 0.416 e. The van der Waals surface area contributed by atoms with Gasteiger partial charge in [-0.2, -0.15) is 13.2 Å². The van der Waals surface area contributed by atoms with Crippen molar-refractivity contribution in [1.29, 1.82) is 0 Å². The van der Waals surface area contributed by atoms with Crippen LogP contribution < -0.4 is 11.1 Å². The van der Waals surface area contributed by atoms with Crippen LogP contribution in [0, 0.1) is 5.82 Å². The fourth-order valence-corrected chi connectivity index (χ4v) is 1.38. The van der Waals surface area contributed by atoms with E-state index >= 15 is 0 Å². The van der Waals surface area contributed by atoms with Crippen LogP contribution in [0.2, 0.25) is 0 Å². The van der Waals surface area contributed by atoms with Crippen LogP contribution in [0.4, 0.5) is 34.9 Å². The first-order valence-electron chi connectivity index (χ1n) is 5.07. The smallest absolute Gasteiger partial charge is 0.382 e. The number of rotatable bonds is 2. The quantitative estimate of drug-likeness (QED) is 0.825. The number of nitrogen functional groups attached to an aromatic ring is 1. The Morgan fingerprint density at radius 3 is 2.53 bits per heavy atom. The summed E-state index contributed by atoms with van der Waals surface area (Å²) < 4.78 is 50.9. The topological polar surface area (TPSA) is 63.8 Å². The van der Waals surface area contributed by atoms with Crippen LogP contribution in [-0.4, -0.2) is 9.97 Å². The van der Waals surface area contributed by atoms with Gasteiger partial charge in [0, 0.05) is 0 Å². The summed E-state index contributed by atoms with van der Waals surface area (Å²) >= 11 is 0. The minimum atomic E-state index is -4.55. The second kappa shape index (κ2) is 4.71. The zero-order valence-electron chi connectivity index (χ0n) is 9.37. The number of anilines is 3. The number of halogens is 4. The third kappa shape index (κ3) is 3.09. The Morgan fingerprint density at radius 1 is 1.16 bits per heavy atom. The maximum absolute atomic E-state index is 13.4. The Morgan fingerprint density at radius 2 is 1.89 bits per heavy atom. The molecule has 0 saturated carbocycles. The minimum Gasteiger partial charge on any atom is -0.382 e. The highest BCUT2D eigenvalue weighted by Crippen LogP contribution is 2.32. The Balaban J connectivity index is 2.34. The van der Waals surface area contributed by atoms with Gasteiger partial charge in [-0.25, -0.2) is 9.37 Å². The normalized spacial score (nSPS) is 11.4. The van der Waals surface area contributed by atoms with Crippen molar-refractivity contribution in [3.8, 4) is 0 Å². The van der Waals surface area contributed by atoms with E-state index in [0.29, 0.717) is 12.1 Å². The number of aromatic nitrogens is 2. The fraction of sp³-hybridized carbons (Fsp3) is 0.0909. The summed E-state index contributed by atoms with van der Waals surface area (Å²) in [6.07, 6.45) is -2.07. The number of benzene rings is 1. The monoisotopic (exact) mass is 272 g/mol. The first-order chi connectivity index (χ1) is 8.86. The molecule has 1 aromatic heterocycles. The first-order valence-corrected chi connectivity index (χ1v) is 5.07. The number of hydrogen-bond donors (Lipinski definition) is 2. The molecule has 0 saturated heterocycles. The van der Waals surface area contributed by atoms with Crippen molar-refractivity contribution < 1.29 is 17.6 Å². The zero-order chi connectivity index (χ0) is 14.0. The van der Waals surface area contributed by atoms with E-state index in [4.69, 9.17) is 5.73 Å². The molecule has 0 radical (unpaired) electrons. The lowest BCUT2D eigenvalue weighted by Crippen LogP contribution is -2.07. The summed E-state index contributed by atoms with van der Waals surface area (Å²) in [4.78, 5) is 7.44. The molecule has 0 amide bonds. The Labute approximate surface area is 105 Å². The van der Waals surface area contributed by atoms with Gasteiger partial charge >= 0.3 is 6.18 Å². The van der Waals surface area contributed by atoms with Crippen molar-refractivity contribution in [3.63, 3.8) is 0 Å². The molecule has 4 nitrogen and oxygen atoms in total. The molecular weight excluding hydrogens is 264 g/mol. The summed E-state index contributed by atoms with van der Waals surface area (Å²) in [6.45, 7) is 0. The van der Waals surface area contributed by atoms with Crippen LogP contribution in [0.15, 0.2) is 30.6 Å². The number of nitrogens with two attached hydrogens (primary N) is 1. The van der Waals surface area contributed by atoms with Gasteiger partial charge < -0.3 is 11.1 Å². The van der Waals surface area contributed by atoms with Crippen LogP contribution >= 0.6 is 0 Å².